The summed E-state index contributed by atoms with van der Waals surface area (Å²) in [6.07, 6.45) is 2.76. The molecule has 1 aliphatic rings. The smallest absolute Gasteiger partial charge is 0.0714 e. The Morgan fingerprint density at radius 3 is 2.44 bits per heavy atom. The van der Waals surface area contributed by atoms with Gasteiger partial charge in [0.1, 0.15) is 0 Å². The van der Waals surface area contributed by atoms with Crippen molar-refractivity contribution in [1.82, 2.24) is 0 Å². The molecular weight excluding hydrogens is 132 g/mol. The fourth-order valence-corrected chi connectivity index (χ4v) is 1.34. The second-order valence-corrected chi connectivity index (χ2v) is 4.31. The Balaban J connectivity index is 2.42. The van der Waals surface area contributed by atoms with Gasteiger partial charge in [0.2, 0.25) is 0 Å². The first-order valence-electron chi connectivity index (χ1n) is 3.44. The fraction of sp³-hybridized carbons (Fsp3) is 1.00. The number of hydrogen-bond acceptors (Lipinski definition) is 2. The predicted molar refractivity (Wildman–Crippen MR) is 42.0 cm³/mol. The van der Waals surface area contributed by atoms with Crippen molar-refractivity contribution in [3.05, 3.63) is 0 Å². The van der Waals surface area contributed by atoms with E-state index >= 15 is 0 Å². The molecule has 0 amide bonds. The summed E-state index contributed by atoms with van der Waals surface area (Å²) in [6, 6.07) is 0. The largest absolute Gasteiger partial charge is 0.377 e. The summed E-state index contributed by atoms with van der Waals surface area (Å²) in [5, 5.41) is 0. The van der Waals surface area contributed by atoms with Crippen molar-refractivity contribution in [3.8, 4) is 0 Å². The predicted octanol–water partition coefficient (Wildman–Crippen LogP) is 1.87. The maximum atomic E-state index is 5.44. The summed E-state index contributed by atoms with van der Waals surface area (Å²) in [4.78, 5) is 0. The molecule has 1 aliphatic heterocycles. The fourth-order valence-electron chi connectivity index (χ4n) is 1.13. The van der Waals surface area contributed by atoms with Crippen LogP contribution in [0.25, 0.3) is 0 Å². The van der Waals surface area contributed by atoms with Crippen molar-refractivity contribution in [2.24, 2.45) is 0 Å². The summed E-state index contributed by atoms with van der Waals surface area (Å²) >= 11 is 4.42. The highest BCUT2D eigenvalue weighted by Gasteiger charge is 2.29. The molecule has 0 aromatic carbocycles. The van der Waals surface area contributed by atoms with Crippen LogP contribution in [0, 0.1) is 0 Å². The molecule has 0 saturated carbocycles. The van der Waals surface area contributed by atoms with E-state index in [1.807, 2.05) is 0 Å². The van der Waals surface area contributed by atoms with E-state index in [2.05, 4.69) is 26.5 Å². The molecule has 1 atom stereocenters. The van der Waals surface area contributed by atoms with Crippen LogP contribution in [0.1, 0.15) is 26.7 Å². The van der Waals surface area contributed by atoms with Crippen molar-refractivity contribution in [2.45, 2.75) is 37.5 Å². The van der Waals surface area contributed by atoms with Gasteiger partial charge in [-0.3, -0.25) is 0 Å². The number of rotatable bonds is 1. The molecule has 0 aliphatic carbocycles. The maximum absolute atomic E-state index is 5.44. The monoisotopic (exact) mass is 146 g/mol. The van der Waals surface area contributed by atoms with E-state index in [1.54, 1.807) is 0 Å². The van der Waals surface area contributed by atoms with Gasteiger partial charge in [-0.1, -0.05) is 0 Å². The number of ether oxygens (including phenoxy) is 1. The average molecular weight is 146 g/mol. The lowest BCUT2D eigenvalue weighted by atomic mass is 10.0. The van der Waals surface area contributed by atoms with Gasteiger partial charge in [-0.2, -0.15) is 12.6 Å². The lowest BCUT2D eigenvalue weighted by molar-refractivity contribution is 0.0888. The minimum atomic E-state index is 0.0521. The SMILES string of the molecule is CC(C)(S)C1CCCO1. The third-order valence-corrected chi connectivity index (χ3v) is 2.01. The molecule has 1 heterocycles. The van der Waals surface area contributed by atoms with Crippen LogP contribution in [0.4, 0.5) is 0 Å². The molecule has 0 radical (unpaired) electrons. The molecule has 0 bridgehead atoms. The van der Waals surface area contributed by atoms with Crippen LogP contribution in [-0.4, -0.2) is 17.5 Å². The van der Waals surface area contributed by atoms with Crippen LogP contribution in [0.15, 0.2) is 0 Å². The Morgan fingerprint density at radius 1 is 1.56 bits per heavy atom. The van der Waals surface area contributed by atoms with Crippen LogP contribution in [-0.2, 0) is 4.74 Å². The van der Waals surface area contributed by atoms with Gasteiger partial charge in [-0.25, -0.2) is 0 Å². The first kappa shape index (κ1) is 7.42. The molecular formula is C7H14OS. The second kappa shape index (κ2) is 2.51. The minimum Gasteiger partial charge on any atom is -0.377 e. The number of thiol groups is 1. The van der Waals surface area contributed by atoms with E-state index in [0.29, 0.717) is 6.10 Å². The van der Waals surface area contributed by atoms with Crippen LogP contribution in [0.3, 0.4) is 0 Å². The van der Waals surface area contributed by atoms with Gasteiger partial charge in [0.15, 0.2) is 0 Å². The van der Waals surface area contributed by atoms with Crippen LogP contribution in [0.5, 0.6) is 0 Å². The topological polar surface area (TPSA) is 9.23 Å². The van der Waals surface area contributed by atoms with Crippen molar-refractivity contribution in [3.63, 3.8) is 0 Å². The third kappa shape index (κ3) is 1.87. The highest BCUT2D eigenvalue weighted by atomic mass is 32.1. The molecule has 1 unspecified atom stereocenters. The van der Waals surface area contributed by atoms with E-state index in [9.17, 15) is 0 Å². The molecule has 0 N–H and O–H groups in total. The Bertz CT molecular complexity index is 89.6. The van der Waals surface area contributed by atoms with Gasteiger partial charge in [-0.05, 0) is 26.7 Å². The van der Waals surface area contributed by atoms with E-state index < -0.39 is 0 Å². The van der Waals surface area contributed by atoms with E-state index in [1.165, 1.54) is 12.8 Å². The molecule has 0 spiro atoms. The summed E-state index contributed by atoms with van der Waals surface area (Å²) in [5.74, 6) is 0. The standard InChI is InChI=1S/C7H14OS/c1-7(2,9)6-4-3-5-8-6/h6,9H,3-5H2,1-2H3. The zero-order valence-electron chi connectivity index (χ0n) is 6.05. The molecule has 0 aromatic rings. The Morgan fingerprint density at radius 2 is 2.22 bits per heavy atom. The van der Waals surface area contributed by atoms with Gasteiger partial charge >= 0.3 is 0 Å². The van der Waals surface area contributed by atoms with Crippen LogP contribution in [0.2, 0.25) is 0 Å². The Labute approximate surface area is 62.2 Å². The van der Waals surface area contributed by atoms with Gasteiger partial charge in [-0.15, -0.1) is 0 Å². The van der Waals surface area contributed by atoms with E-state index in [4.69, 9.17) is 4.74 Å². The van der Waals surface area contributed by atoms with Crippen molar-refractivity contribution in [2.75, 3.05) is 6.61 Å². The Hall–Kier alpha value is 0.310. The highest BCUT2D eigenvalue weighted by molar-refractivity contribution is 7.81. The van der Waals surface area contributed by atoms with Crippen molar-refractivity contribution in [1.29, 1.82) is 0 Å². The molecule has 1 rings (SSSR count). The molecule has 1 nitrogen and oxygen atoms in total. The maximum Gasteiger partial charge on any atom is 0.0714 e. The lowest BCUT2D eigenvalue weighted by Crippen LogP contribution is -2.29. The lowest BCUT2D eigenvalue weighted by Gasteiger charge is -2.24. The quantitative estimate of drug-likeness (QED) is 0.556. The zero-order chi connectivity index (χ0) is 6.91. The molecule has 1 fully saturated rings. The summed E-state index contributed by atoms with van der Waals surface area (Å²) in [5.41, 5.74) is 0. The zero-order valence-corrected chi connectivity index (χ0v) is 6.95. The molecule has 54 valence electrons. The first-order chi connectivity index (χ1) is 4.11. The molecule has 2 heteroatoms. The molecule has 1 saturated heterocycles. The molecule has 0 aromatic heterocycles. The highest BCUT2D eigenvalue weighted by Crippen LogP contribution is 2.27. The van der Waals surface area contributed by atoms with Gasteiger partial charge in [0.25, 0.3) is 0 Å². The summed E-state index contributed by atoms with van der Waals surface area (Å²) < 4.78 is 5.49. The normalized spacial score (nSPS) is 29.0. The summed E-state index contributed by atoms with van der Waals surface area (Å²) in [7, 11) is 0. The van der Waals surface area contributed by atoms with Gasteiger partial charge in [0.05, 0.1) is 6.10 Å². The minimum absolute atomic E-state index is 0.0521. The van der Waals surface area contributed by atoms with Gasteiger partial charge < -0.3 is 4.74 Å². The summed E-state index contributed by atoms with van der Waals surface area (Å²) in [6.45, 7) is 5.13. The van der Waals surface area contributed by atoms with E-state index in [0.717, 1.165) is 6.61 Å². The third-order valence-electron chi connectivity index (χ3n) is 1.72. The van der Waals surface area contributed by atoms with E-state index in [-0.39, 0.29) is 4.75 Å². The first-order valence-corrected chi connectivity index (χ1v) is 3.89. The van der Waals surface area contributed by atoms with Crippen LogP contribution < -0.4 is 0 Å². The second-order valence-electron chi connectivity index (χ2n) is 3.16. The van der Waals surface area contributed by atoms with Gasteiger partial charge in [0, 0.05) is 11.4 Å². The number of hydrogen-bond donors (Lipinski definition) is 1. The van der Waals surface area contributed by atoms with Crippen molar-refractivity contribution >= 4 is 12.6 Å². The molecule has 9 heavy (non-hydrogen) atoms. The van der Waals surface area contributed by atoms with Crippen molar-refractivity contribution < 1.29 is 4.74 Å². The van der Waals surface area contributed by atoms with Crippen LogP contribution >= 0.6 is 12.6 Å². The average Bonchev–Trinajstić information content (AvgIpc) is 2.08. The Kier molecular flexibility index (Phi) is 2.07.